The number of amidine groups is 1. The van der Waals surface area contributed by atoms with Crippen molar-refractivity contribution in [3.05, 3.63) is 112 Å². The number of non-ortho nitro benzene ring substituents is 1. The van der Waals surface area contributed by atoms with Crippen LogP contribution in [-0.2, 0) is 11.2 Å². The molecule has 0 N–H and O–H groups in total. The van der Waals surface area contributed by atoms with Crippen molar-refractivity contribution < 1.29 is 18.5 Å². The molecule has 2 aliphatic rings. The molecule has 9 heteroatoms. The summed E-state index contributed by atoms with van der Waals surface area (Å²) < 4.78 is 19.4. The predicted molar refractivity (Wildman–Crippen MR) is 120 cm³/mol. The number of nitro groups is 1. The standard InChI is InChI=1S/C24H15FN4O4/c25-17-10-16(11-18(12-17)29(31)32)22-14-28-23(20(26-22)9-15-5-2-1-3-6-15)27-21(24(28)30)13-19-7-4-8-33-19/h1-8,10-14H,9H2/b21-13-. The number of carbonyl (C=O) groups excluding carboxylic acids is 1. The quantitative estimate of drug-likeness (QED) is 0.327. The van der Waals surface area contributed by atoms with Crippen molar-refractivity contribution in [3.8, 4) is 0 Å². The van der Waals surface area contributed by atoms with Crippen LogP contribution in [0, 0.1) is 15.9 Å². The highest BCUT2D eigenvalue weighted by Crippen LogP contribution is 2.30. The van der Waals surface area contributed by atoms with Crippen LogP contribution in [0.25, 0.3) is 11.8 Å². The van der Waals surface area contributed by atoms with Gasteiger partial charge in [0.25, 0.3) is 11.6 Å². The van der Waals surface area contributed by atoms with E-state index in [2.05, 4.69) is 9.98 Å². The molecule has 3 aromatic rings. The second-order valence-electron chi connectivity index (χ2n) is 7.35. The van der Waals surface area contributed by atoms with Crippen molar-refractivity contribution >= 4 is 34.9 Å². The van der Waals surface area contributed by atoms with Crippen LogP contribution in [-0.4, -0.2) is 27.3 Å². The number of carbonyl (C=O) groups is 1. The Labute approximate surface area is 186 Å². The van der Waals surface area contributed by atoms with Gasteiger partial charge in [-0.25, -0.2) is 14.4 Å². The molecule has 1 amide bonds. The maximum Gasteiger partial charge on any atom is 0.282 e. The van der Waals surface area contributed by atoms with E-state index in [9.17, 15) is 19.3 Å². The third-order valence-electron chi connectivity index (χ3n) is 5.08. The molecule has 0 radical (unpaired) electrons. The highest BCUT2D eigenvalue weighted by molar-refractivity contribution is 6.48. The molecule has 2 aliphatic heterocycles. The second-order valence-corrected chi connectivity index (χ2v) is 7.35. The van der Waals surface area contributed by atoms with Gasteiger partial charge in [0.05, 0.1) is 28.7 Å². The zero-order chi connectivity index (χ0) is 22.9. The molecule has 0 atom stereocenters. The first-order chi connectivity index (χ1) is 16.0. The molecule has 0 spiro atoms. The summed E-state index contributed by atoms with van der Waals surface area (Å²) in [7, 11) is 0. The fourth-order valence-corrected chi connectivity index (χ4v) is 3.58. The van der Waals surface area contributed by atoms with Crippen molar-refractivity contribution in [1.82, 2.24) is 4.90 Å². The summed E-state index contributed by atoms with van der Waals surface area (Å²) in [5, 5.41) is 11.2. The van der Waals surface area contributed by atoms with Crippen molar-refractivity contribution in [2.45, 2.75) is 6.42 Å². The number of nitro benzene ring substituents is 1. The molecule has 0 bridgehead atoms. The Bertz CT molecular complexity index is 1390. The summed E-state index contributed by atoms with van der Waals surface area (Å²) in [6.45, 7) is 0. The van der Waals surface area contributed by atoms with Crippen molar-refractivity contribution in [2.24, 2.45) is 9.98 Å². The van der Waals surface area contributed by atoms with Crippen LogP contribution in [0.15, 0.2) is 93.2 Å². The number of fused-ring (bicyclic) bond motifs is 1. The molecule has 0 unspecified atom stereocenters. The lowest BCUT2D eigenvalue weighted by Gasteiger charge is -2.21. The number of rotatable bonds is 5. The summed E-state index contributed by atoms with van der Waals surface area (Å²) in [5.41, 5.74) is 1.56. The van der Waals surface area contributed by atoms with Crippen LogP contribution in [0.2, 0.25) is 0 Å². The lowest BCUT2D eigenvalue weighted by atomic mass is 10.0. The van der Waals surface area contributed by atoms with Crippen LogP contribution >= 0.6 is 0 Å². The first kappa shape index (κ1) is 20.3. The summed E-state index contributed by atoms with van der Waals surface area (Å²) in [6, 6.07) is 16.1. The molecular formula is C24H15FN4O4. The Morgan fingerprint density at radius 3 is 2.64 bits per heavy atom. The van der Waals surface area contributed by atoms with Crippen LogP contribution in [0.4, 0.5) is 10.1 Å². The molecule has 0 aliphatic carbocycles. The van der Waals surface area contributed by atoms with Gasteiger partial charge in [0.15, 0.2) is 5.84 Å². The van der Waals surface area contributed by atoms with Gasteiger partial charge in [-0.3, -0.25) is 19.8 Å². The molecule has 5 rings (SSSR count). The molecule has 0 saturated heterocycles. The Morgan fingerprint density at radius 2 is 1.91 bits per heavy atom. The van der Waals surface area contributed by atoms with Gasteiger partial charge in [0.1, 0.15) is 17.3 Å². The fraction of sp³-hybridized carbons (Fsp3) is 0.0417. The van der Waals surface area contributed by atoms with Gasteiger partial charge in [-0.05, 0) is 23.8 Å². The maximum absolute atomic E-state index is 14.1. The van der Waals surface area contributed by atoms with Crippen molar-refractivity contribution in [2.75, 3.05) is 0 Å². The average molecular weight is 442 g/mol. The molecule has 0 saturated carbocycles. The van der Waals surface area contributed by atoms with Gasteiger partial charge in [0, 0.05) is 30.3 Å². The Balaban J connectivity index is 1.61. The average Bonchev–Trinajstić information content (AvgIpc) is 3.43. The Hall–Kier alpha value is -4.66. The molecule has 162 valence electrons. The van der Waals surface area contributed by atoms with E-state index in [1.54, 1.807) is 12.1 Å². The molecule has 0 fully saturated rings. The number of hydrogen-bond donors (Lipinski definition) is 0. The monoisotopic (exact) mass is 442 g/mol. The van der Waals surface area contributed by atoms with E-state index in [0.717, 1.165) is 17.7 Å². The minimum absolute atomic E-state index is 0.156. The predicted octanol–water partition coefficient (Wildman–Crippen LogP) is 4.60. The van der Waals surface area contributed by atoms with Gasteiger partial charge in [0.2, 0.25) is 0 Å². The summed E-state index contributed by atoms with van der Waals surface area (Å²) in [6.07, 6.45) is 4.78. The third kappa shape index (κ3) is 3.99. The highest BCUT2D eigenvalue weighted by atomic mass is 19.1. The minimum Gasteiger partial charge on any atom is -0.465 e. The number of amides is 1. The Kier molecular flexibility index (Phi) is 4.98. The number of furan rings is 1. The normalized spacial score (nSPS) is 16.4. The van der Waals surface area contributed by atoms with Crippen molar-refractivity contribution in [1.29, 1.82) is 0 Å². The van der Waals surface area contributed by atoms with Crippen LogP contribution in [0.1, 0.15) is 16.9 Å². The lowest BCUT2D eigenvalue weighted by Crippen LogP contribution is -2.36. The van der Waals surface area contributed by atoms with Crippen molar-refractivity contribution in [3.63, 3.8) is 0 Å². The van der Waals surface area contributed by atoms with E-state index in [1.165, 1.54) is 29.5 Å². The number of nitrogens with zero attached hydrogens (tertiary/aromatic N) is 4. The van der Waals surface area contributed by atoms with Crippen LogP contribution in [0.5, 0.6) is 0 Å². The fourth-order valence-electron chi connectivity index (χ4n) is 3.58. The number of halogens is 1. The van der Waals surface area contributed by atoms with Gasteiger partial charge < -0.3 is 4.42 Å². The molecule has 1 aromatic heterocycles. The van der Waals surface area contributed by atoms with Gasteiger partial charge in [-0.15, -0.1) is 0 Å². The van der Waals surface area contributed by atoms with Gasteiger partial charge in [-0.1, -0.05) is 30.3 Å². The van der Waals surface area contributed by atoms with E-state index in [-0.39, 0.29) is 17.0 Å². The number of aliphatic imine (C=N–C) groups is 2. The molecule has 3 heterocycles. The van der Waals surface area contributed by atoms with Crippen LogP contribution in [0.3, 0.4) is 0 Å². The summed E-state index contributed by atoms with van der Waals surface area (Å²) >= 11 is 0. The zero-order valence-electron chi connectivity index (χ0n) is 17.0. The van der Waals surface area contributed by atoms with E-state index in [1.807, 2.05) is 30.3 Å². The van der Waals surface area contributed by atoms with Gasteiger partial charge in [-0.2, -0.15) is 0 Å². The van der Waals surface area contributed by atoms with E-state index < -0.39 is 22.3 Å². The van der Waals surface area contributed by atoms with Crippen LogP contribution < -0.4 is 0 Å². The first-order valence-electron chi connectivity index (χ1n) is 9.94. The van der Waals surface area contributed by atoms with E-state index in [0.29, 0.717) is 23.7 Å². The largest absolute Gasteiger partial charge is 0.465 e. The van der Waals surface area contributed by atoms with E-state index in [4.69, 9.17) is 4.42 Å². The third-order valence-corrected chi connectivity index (χ3v) is 5.08. The zero-order valence-corrected chi connectivity index (χ0v) is 17.0. The molecule has 33 heavy (non-hydrogen) atoms. The summed E-state index contributed by atoms with van der Waals surface area (Å²) in [5.74, 6) is -0.374. The highest BCUT2D eigenvalue weighted by Gasteiger charge is 2.35. The smallest absolute Gasteiger partial charge is 0.282 e. The SMILES string of the molecule is O=C1/C(=C/c2ccco2)N=C2C(Cc3ccccc3)=NC(c3cc(F)cc([N+](=O)[O-])c3)=CN12. The molecule has 8 nitrogen and oxygen atoms in total. The maximum atomic E-state index is 14.1. The van der Waals surface area contributed by atoms with Gasteiger partial charge >= 0.3 is 0 Å². The summed E-state index contributed by atoms with van der Waals surface area (Å²) in [4.78, 5) is 34.0. The topological polar surface area (TPSA) is 101 Å². The molecule has 2 aromatic carbocycles. The Morgan fingerprint density at radius 1 is 1.09 bits per heavy atom. The number of benzene rings is 2. The molecular weight excluding hydrogens is 427 g/mol. The second kappa shape index (κ2) is 8.12. The number of hydrogen-bond acceptors (Lipinski definition) is 6. The lowest BCUT2D eigenvalue weighted by molar-refractivity contribution is -0.385. The minimum atomic E-state index is -0.773. The van der Waals surface area contributed by atoms with E-state index >= 15 is 0 Å². The first-order valence-corrected chi connectivity index (χ1v) is 9.94.